The molecule has 0 aliphatic carbocycles. The molecule has 0 saturated carbocycles. The standard InChI is InChI=1S/C7H7B.C7H7Br.2C2H6/c1-6-3-2-4-7(8)5-6;1-6-4-2-3-5-7(6)8;2*1-2/h2*2-5H,1H3;2*1-2H3. The Morgan fingerprint density at radius 2 is 1.35 bits per heavy atom. The van der Waals surface area contributed by atoms with E-state index in [4.69, 9.17) is 7.85 Å². The van der Waals surface area contributed by atoms with Crippen molar-refractivity contribution in [1.29, 1.82) is 0 Å². The van der Waals surface area contributed by atoms with Crippen molar-refractivity contribution in [2.45, 2.75) is 41.5 Å². The Balaban J connectivity index is 0. The zero-order valence-electron chi connectivity index (χ0n) is 13.6. The number of benzene rings is 2. The molecule has 0 amide bonds. The van der Waals surface area contributed by atoms with Gasteiger partial charge in [-0.3, -0.25) is 0 Å². The van der Waals surface area contributed by atoms with E-state index < -0.39 is 0 Å². The smallest absolute Gasteiger partial charge is 0.0964 e. The number of hydrogen-bond acceptors (Lipinski definition) is 0. The third kappa shape index (κ3) is 10.9. The lowest BCUT2D eigenvalue weighted by molar-refractivity contribution is 1.43. The number of hydrogen-bond donors (Lipinski definition) is 0. The van der Waals surface area contributed by atoms with Crippen LogP contribution in [0.4, 0.5) is 0 Å². The highest BCUT2D eigenvalue weighted by molar-refractivity contribution is 9.10. The highest BCUT2D eigenvalue weighted by Gasteiger charge is 1.86. The number of aryl methyl sites for hydroxylation is 2. The molecule has 0 aromatic heterocycles. The summed E-state index contributed by atoms with van der Waals surface area (Å²) < 4.78 is 1.18. The molecule has 2 rings (SSSR count). The second-order valence-corrected chi connectivity index (χ2v) is 4.52. The average molecular weight is 333 g/mol. The summed E-state index contributed by atoms with van der Waals surface area (Å²) in [6.07, 6.45) is 0. The molecule has 0 saturated heterocycles. The summed E-state index contributed by atoms with van der Waals surface area (Å²) in [5.41, 5.74) is 3.34. The Labute approximate surface area is 135 Å². The van der Waals surface area contributed by atoms with E-state index in [1.54, 1.807) is 0 Å². The maximum absolute atomic E-state index is 5.46. The van der Waals surface area contributed by atoms with Crippen molar-refractivity contribution >= 4 is 29.2 Å². The van der Waals surface area contributed by atoms with Gasteiger partial charge in [0.25, 0.3) is 0 Å². The van der Waals surface area contributed by atoms with Crippen molar-refractivity contribution in [3.63, 3.8) is 0 Å². The van der Waals surface area contributed by atoms with Gasteiger partial charge in [-0.15, -0.1) is 0 Å². The Morgan fingerprint density at radius 1 is 0.800 bits per heavy atom. The van der Waals surface area contributed by atoms with Crippen LogP contribution >= 0.6 is 15.9 Å². The fourth-order valence-electron chi connectivity index (χ4n) is 1.22. The average Bonchev–Trinajstić information content (AvgIpc) is 2.47. The molecule has 0 aliphatic heterocycles. The van der Waals surface area contributed by atoms with Gasteiger partial charge in [0.1, 0.15) is 7.85 Å². The van der Waals surface area contributed by atoms with Gasteiger partial charge in [0.15, 0.2) is 0 Å². The van der Waals surface area contributed by atoms with E-state index in [9.17, 15) is 0 Å². The van der Waals surface area contributed by atoms with Crippen molar-refractivity contribution in [3.05, 3.63) is 64.1 Å². The van der Waals surface area contributed by atoms with Gasteiger partial charge in [0, 0.05) is 4.47 Å². The van der Waals surface area contributed by atoms with Gasteiger partial charge < -0.3 is 0 Å². The molecule has 2 aromatic carbocycles. The molecule has 2 aromatic rings. The van der Waals surface area contributed by atoms with Crippen LogP contribution < -0.4 is 5.46 Å². The highest BCUT2D eigenvalue weighted by Crippen LogP contribution is 2.13. The van der Waals surface area contributed by atoms with Gasteiger partial charge in [-0.25, -0.2) is 0 Å². The summed E-state index contributed by atoms with van der Waals surface area (Å²) in [5, 5.41) is 0. The summed E-state index contributed by atoms with van der Waals surface area (Å²) in [5.74, 6) is 0. The van der Waals surface area contributed by atoms with Crippen LogP contribution in [-0.4, -0.2) is 7.85 Å². The minimum absolute atomic E-state index is 0.838. The third-order valence-corrected chi connectivity index (χ3v) is 3.01. The summed E-state index contributed by atoms with van der Waals surface area (Å²) in [7, 11) is 5.46. The minimum Gasteiger partial charge on any atom is -0.0964 e. The van der Waals surface area contributed by atoms with Crippen molar-refractivity contribution < 1.29 is 0 Å². The SMILES string of the molecule is CC.CC.Cc1ccccc1Br.[B]c1cccc(C)c1. The van der Waals surface area contributed by atoms with Crippen molar-refractivity contribution in [1.82, 2.24) is 0 Å². The van der Waals surface area contributed by atoms with E-state index in [0.717, 1.165) is 5.46 Å². The molecule has 0 N–H and O–H groups in total. The van der Waals surface area contributed by atoms with E-state index in [1.807, 2.05) is 77.1 Å². The second-order valence-electron chi connectivity index (χ2n) is 3.66. The quantitative estimate of drug-likeness (QED) is 0.551. The van der Waals surface area contributed by atoms with Gasteiger partial charge in [0.05, 0.1) is 0 Å². The third-order valence-electron chi connectivity index (χ3n) is 2.12. The molecule has 0 spiro atoms. The van der Waals surface area contributed by atoms with Crippen LogP contribution in [0.15, 0.2) is 53.0 Å². The van der Waals surface area contributed by atoms with Crippen molar-refractivity contribution in [2.75, 3.05) is 0 Å². The lowest BCUT2D eigenvalue weighted by atomic mass is 9.95. The molecule has 0 heterocycles. The molecule has 0 aliphatic rings. The van der Waals surface area contributed by atoms with E-state index in [-0.39, 0.29) is 0 Å². The zero-order valence-corrected chi connectivity index (χ0v) is 15.2. The van der Waals surface area contributed by atoms with Crippen LogP contribution in [0.1, 0.15) is 38.8 Å². The summed E-state index contributed by atoms with van der Waals surface area (Å²) in [6.45, 7) is 12.1. The number of halogens is 1. The molecule has 0 fully saturated rings. The van der Waals surface area contributed by atoms with Gasteiger partial charge in [-0.2, -0.15) is 0 Å². The Hall–Kier alpha value is -1.02. The van der Waals surface area contributed by atoms with E-state index >= 15 is 0 Å². The van der Waals surface area contributed by atoms with Crippen molar-refractivity contribution in [2.24, 2.45) is 0 Å². The topological polar surface area (TPSA) is 0 Å². The normalized spacial score (nSPS) is 7.95. The van der Waals surface area contributed by atoms with Gasteiger partial charge in [0.2, 0.25) is 0 Å². The Morgan fingerprint density at radius 3 is 1.65 bits per heavy atom. The van der Waals surface area contributed by atoms with Gasteiger partial charge in [-0.1, -0.05) is 97.1 Å². The molecule has 0 atom stereocenters. The number of rotatable bonds is 0. The van der Waals surface area contributed by atoms with Crippen molar-refractivity contribution in [3.8, 4) is 0 Å². The van der Waals surface area contributed by atoms with Gasteiger partial charge in [-0.05, 0) is 25.5 Å². The first-order valence-electron chi connectivity index (χ1n) is 7.13. The zero-order chi connectivity index (χ0) is 16.0. The molecule has 0 unspecified atom stereocenters. The molecule has 2 radical (unpaired) electrons. The monoisotopic (exact) mass is 332 g/mol. The first-order valence-corrected chi connectivity index (χ1v) is 7.92. The predicted molar refractivity (Wildman–Crippen MR) is 98.1 cm³/mol. The van der Waals surface area contributed by atoms with E-state index in [2.05, 4.69) is 28.9 Å². The van der Waals surface area contributed by atoms with E-state index in [1.165, 1.54) is 15.6 Å². The molecule has 2 heteroatoms. The summed E-state index contributed by atoms with van der Waals surface area (Å²) in [6, 6.07) is 15.9. The van der Waals surface area contributed by atoms with E-state index in [0.29, 0.717) is 0 Å². The minimum atomic E-state index is 0.838. The van der Waals surface area contributed by atoms with Crippen LogP contribution in [-0.2, 0) is 0 Å². The van der Waals surface area contributed by atoms with Crippen LogP contribution in [0.2, 0.25) is 0 Å². The Bertz CT molecular complexity index is 414. The first kappa shape index (κ1) is 21.3. The van der Waals surface area contributed by atoms with Crippen LogP contribution in [0.3, 0.4) is 0 Å². The molecule has 0 nitrogen and oxygen atoms in total. The van der Waals surface area contributed by atoms with Crippen LogP contribution in [0.25, 0.3) is 0 Å². The molecule has 108 valence electrons. The van der Waals surface area contributed by atoms with Crippen LogP contribution in [0.5, 0.6) is 0 Å². The lowest BCUT2D eigenvalue weighted by Gasteiger charge is -1.91. The molecular formula is C18H26BBr. The maximum atomic E-state index is 5.46. The van der Waals surface area contributed by atoms with Crippen LogP contribution in [0, 0.1) is 13.8 Å². The second kappa shape index (κ2) is 14.4. The fraction of sp³-hybridized carbons (Fsp3) is 0.333. The summed E-state index contributed by atoms with van der Waals surface area (Å²) >= 11 is 3.40. The molecule has 0 bridgehead atoms. The molecule has 20 heavy (non-hydrogen) atoms. The Kier molecular flexibility index (Phi) is 15.3. The lowest BCUT2D eigenvalue weighted by Crippen LogP contribution is -1.99. The fourth-order valence-corrected chi connectivity index (χ4v) is 1.51. The first-order chi connectivity index (χ1) is 9.59. The summed E-state index contributed by atoms with van der Waals surface area (Å²) in [4.78, 5) is 0. The molecular weight excluding hydrogens is 307 g/mol. The highest BCUT2D eigenvalue weighted by atomic mass is 79.9. The predicted octanol–water partition coefficient (Wildman–Crippen LogP) is 5.60. The largest absolute Gasteiger partial charge is 0.113 e. The van der Waals surface area contributed by atoms with Gasteiger partial charge >= 0.3 is 0 Å². The maximum Gasteiger partial charge on any atom is 0.113 e.